The van der Waals surface area contributed by atoms with E-state index in [0.717, 1.165) is 11.9 Å². The number of aromatic nitrogens is 5. The van der Waals surface area contributed by atoms with E-state index in [9.17, 15) is 15.3 Å². The second kappa shape index (κ2) is 7.89. The molecule has 0 spiro atoms. The van der Waals surface area contributed by atoms with Gasteiger partial charge in [0.25, 0.3) is 0 Å². The molecule has 1 saturated heterocycles. The Hall–Kier alpha value is -3.49. The number of ether oxygens (including phenoxy) is 1. The molecule has 0 aliphatic carbocycles. The van der Waals surface area contributed by atoms with Gasteiger partial charge in [-0.25, -0.2) is 15.0 Å². The summed E-state index contributed by atoms with van der Waals surface area (Å²) in [6.45, 7) is 0.115. The van der Waals surface area contributed by atoms with Crippen molar-refractivity contribution in [3.63, 3.8) is 0 Å². The van der Waals surface area contributed by atoms with Gasteiger partial charge in [0.05, 0.1) is 12.9 Å². The zero-order valence-corrected chi connectivity index (χ0v) is 17.0. The third-order valence-electron chi connectivity index (χ3n) is 5.87. The highest BCUT2D eigenvalue weighted by molar-refractivity contribution is 5.84. The summed E-state index contributed by atoms with van der Waals surface area (Å²) in [5, 5.41) is 35.1. The first-order valence-electron chi connectivity index (χ1n) is 10.2. The molecule has 0 bridgehead atoms. The Balaban J connectivity index is 1.39. The van der Waals surface area contributed by atoms with Crippen LogP contribution in [-0.4, -0.2) is 70.8 Å². The average molecular weight is 434 g/mol. The van der Waals surface area contributed by atoms with Gasteiger partial charge in [-0.05, 0) is 18.1 Å². The predicted molar refractivity (Wildman–Crippen MR) is 117 cm³/mol. The first-order chi connectivity index (χ1) is 15.6. The number of nitrogens with one attached hydrogen (secondary N) is 2. The number of para-hydroxylation sites is 1. The van der Waals surface area contributed by atoms with Gasteiger partial charge in [-0.2, -0.15) is 0 Å². The number of aliphatic hydroxyl groups excluding tert-OH is 2. The molecule has 3 aromatic heterocycles. The molecular weight excluding hydrogens is 412 g/mol. The Kier molecular flexibility index (Phi) is 5.03. The molecule has 0 amide bonds. The van der Waals surface area contributed by atoms with Gasteiger partial charge in [0.2, 0.25) is 0 Å². The van der Waals surface area contributed by atoms with Gasteiger partial charge in [-0.1, -0.05) is 24.1 Å². The molecule has 0 saturated carbocycles. The second-order valence-corrected chi connectivity index (χ2v) is 7.71. The summed E-state index contributed by atoms with van der Waals surface area (Å²) >= 11 is 0. The van der Waals surface area contributed by atoms with Crippen molar-refractivity contribution < 1.29 is 20.1 Å². The molecule has 1 aromatic carbocycles. The monoisotopic (exact) mass is 434 g/mol. The Morgan fingerprint density at radius 2 is 2.12 bits per heavy atom. The lowest BCUT2D eigenvalue weighted by atomic mass is 9.95. The van der Waals surface area contributed by atoms with E-state index < -0.39 is 30.6 Å². The molecule has 4 aromatic rings. The fourth-order valence-electron chi connectivity index (χ4n) is 4.16. The van der Waals surface area contributed by atoms with Gasteiger partial charge < -0.3 is 30.4 Å². The normalized spacial score (nSPS) is 25.4. The maximum Gasteiger partial charge on any atom is 0.199 e. The molecule has 5 rings (SSSR count). The van der Waals surface area contributed by atoms with Crippen LogP contribution in [-0.2, 0) is 11.2 Å². The molecule has 0 unspecified atom stereocenters. The number of hydrogen-bond acceptors (Lipinski definition) is 8. The van der Waals surface area contributed by atoms with E-state index in [-0.39, 0.29) is 0 Å². The van der Waals surface area contributed by atoms with E-state index in [4.69, 9.17) is 11.2 Å². The molecule has 10 nitrogen and oxygen atoms in total. The minimum atomic E-state index is -2.05. The second-order valence-electron chi connectivity index (χ2n) is 7.71. The summed E-state index contributed by atoms with van der Waals surface area (Å²) in [6.07, 6.45) is 7.39. The summed E-state index contributed by atoms with van der Waals surface area (Å²) in [7, 11) is 0. The number of aromatic amines is 1. The van der Waals surface area contributed by atoms with Gasteiger partial charge >= 0.3 is 0 Å². The van der Waals surface area contributed by atoms with E-state index in [0.29, 0.717) is 23.5 Å². The lowest BCUT2D eigenvalue weighted by molar-refractivity contribution is -0.0721. The number of benzene rings is 1. The van der Waals surface area contributed by atoms with Crippen LogP contribution in [0.1, 0.15) is 11.8 Å². The van der Waals surface area contributed by atoms with Gasteiger partial charge in [-0.15, -0.1) is 6.42 Å². The SMILES string of the molecule is C#C[C@@]1(O)[C@H](O)[C@@H](CO)O[C@H]1n1cnc2c(NCCc3c[nH]c4ccccc34)ncnc21. The van der Waals surface area contributed by atoms with E-state index in [1.807, 2.05) is 24.4 Å². The largest absolute Gasteiger partial charge is 0.394 e. The van der Waals surface area contributed by atoms with Crippen molar-refractivity contribution in [3.8, 4) is 12.3 Å². The van der Waals surface area contributed by atoms with Crippen LogP contribution < -0.4 is 5.32 Å². The number of fused-ring (bicyclic) bond motifs is 2. The van der Waals surface area contributed by atoms with E-state index in [2.05, 4.69) is 37.2 Å². The third kappa shape index (κ3) is 3.11. The minimum Gasteiger partial charge on any atom is -0.394 e. The highest BCUT2D eigenvalue weighted by Crippen LogP contribution is 2.39. The van der Waals surface area contributed by atoms with E-state index >= 15 is 0 Å². The van der Waals surface area contributed by atoms with Crippen molar-refractivity contribution in [3.05, 3.63) is 48.7 Å². The van der Waals surface area contributed by atoms with Crippen LogP contribution in [0.4, 0.5) is 5.82 Å². The maximum atomic E-state index is 10.8. The molecule has 164 valence electrons. The van der Waals surface area contributed by atoms with Crippen LogP contribution in [0.25, 0.3) is 22.1 Å². The van der Waals surface area contributed by atoms with Gasteiger partial charge in [0.15, 0.2) is 28.8 Å². The molecule has 32 heavy (non-hydrogen) atoms. The van der Waals surface area contributed by atoms with Crippen molar-refractivity contribution in [2.24, 2.45) is 0 Å². The summed E-state index contributed by atoms with van der Waals surface area (Å²) in [5.41, 5.74) is 1.07. The number of nitrogens with zero attached hydrogens (tertiary/aromatic N) is 4. The van der Waals surface area contributed by atoms with E-state index in [1.54, 1.807) is 0 Å². The highest BCUT2D eigenvalue weighted by Gasteiger charge is 2.55. The number of rotatable bonds is 6. The van der Waals surface area contributed by atoms with Crippen molar-refractivity contribution in [1.29, 1.82) is 0 Å². The zero-order chi connectivity index (χ0) is 22.3. The third-order valence-corrected chi connectivity index (χ3v) is 5.87. The molecule has 1 aliphatic rings. The fourth-order valence-corrected chi connectivity index (χ4v) is 4.16. The Bertz CT molecular complexity index is 1310. The first-order valence-corrected chi connectivity index (χ1v) is 10.2. The predicted octanol–water partition coefficient (Wildman–Crippen LogP) is 0.577. The lowest BCUT2D eigenvalue weighted by Gasteiger charge is -2.26. The number of hydrogen-bond donors (Lipinski definition) is 5. The molecule has 5 N–H and O–H groups in total. The maximum absolute atomic E-state index is 10.8. The van der Waals surface area contributed by atoms with Crippen LogP contribution in [0, 0.1) is 12.3 Å². The summed E-state index contributed by atoms with van der Waals surface area (Å²) in [5.74, 6) is 2.72. The number of aliphatic hydroxyl groups is 3. The van der Waals surface area contributed by atoms with Crippen molar-refractivity contribution in [2.45, 2.75) is 30.5 Å². The molecule has 1 aliphatic heterocycles. The zero-order valence-electron chi connectivity index (χ0n) is 17.0. The van der Waals surface area contributed by atoms with Crippen LogP contribution in [0.5, 0.6) is 0 Å². The van der Waals surface area contributed by atoms with Gasteiger partial charge in [0, 0.05) is 23.6 Å². The topological polar surface area (TPSA) is 141 Å². The van der Waals surface area contributed by atoms with Crippen molar-refractivity contribution >= 4 is 27.9 Å². The summed E-state index contributed by atoms with van der Waals surface area (Å²) < 4.78 is 7.08. The molecule has 4 atom stereocenters. The van der Waals surface area contributed by atoms with Gasteiger partial charge in [0.1, 0.15) is 18.5 Å². The van der Waals surface area contributed by atoms with Crippen molar-refractivity contribution in [2.75, 3.05) is 18.5 Å². The fraction of sp³-hybridized carbons (Fsp3) is 0.318. The Morgan fingerprint density at radius 1 is 1.28 bits per heavy atom. The standard InChI is InChI=1S/C22H22N6O4/c1-2-22(31)18(30)16(10-29)32-21(22)28-12-27-17-19(25-11-26-20(17)28)23-8-7-13-9-24-15-6-4-3-5-14(13)15/h1,3-6,9,11-12,16,18,21,24,29-31H,7-8,10H2,(H,23,25,26)/t16-,18-,21-,22-/m1/s1. The summed E-state index contributed by atoms with van der Waals surface area (Å²) in [6, 6.07) is 8.11. The van der Waals surface area contributed by atoms with Crippen LogP contribution in [0.15, 0.2) is 43.1 Å². The number of anilines is 1. The molecule has 4 heterocycles. The van der Waals surface area contributed by atoms with E-state index in [1.165, 1.54) is 28.2 Å². The van der Waals surface area contributed by atoms with Gasteiger partial charge in [-0.3, -0.25) is 4.57 Å². The molecule has 0 radical (unpaired) electrons. The Morgan fingerprint density at radius 3 is 2.94 bits per heavy atom. The summed E-state index contributed by atoms with van der Waals surface area (Å²) in [4.78, 5) is 16.2. The van der Waals surface area contributed by atoms with Crippen LogP contribution in [0.2, 0.25) is 0 Å². The Labute approximate surface area is 182 Å². The molecular formula is C22H22N6O4. The number of terminal acetylenes is 1. The highest BCUT2D eigenvalue weighted by atomic mass is 16.6. The number of H-pyrrole nitrogens is 1. The quantitative estimate of drug-likeness (QED) is 0.278. The van der Waals surface area contributed by atoms with Crippen LogP contribution in [0.3, 0.4) is 0 Å². The van der Waals surface area contributed by atoms with Crippen LogP contribution >= 0.6 is 0 Å². The smallest absolute Gasteiger partial charge is 0.199 e. The number of imidazole rings is 1. The molecule has 1 fully saturated rings. The lowest BCUT2D eigenvalue weighted by Crippen LogP contribution is -2.45. The van der Waals surface area contributed by atoms with Crippen molar-refractivity contribution in [1.82, 2.24) is 24.5 Å². The first kappa shape index (κ1) is 20.4. The molecule has 10 heteroatoms. The minimum absolute atomic E-state index is 0.374. The average Bonchev–Trinajstić information content (AvgIpc) is 3.50.